The third kappa shape index (κ3) is 3.38. The van der Waals surface area contributed by atoms with Crippen LogP contribution in [-0.4, -0.2) is 22.6 Å². The van der Waals surface area contributed by atoms with E-state index in [2.05, 4.69) is 47.2 Å². The molecule has 0 saturated heterocycles. The Morgan fingerprint density at radius 1 is 1.15 bits per heavy atom. The van der Waals surface area contributed by atoms with E-state index in [1.54, 1.807) is 11.8 Å². The molecule has 3 aromatic rings. The van der Waals surface area contributed by atoms with Crippen LogP contribution in [0.3, 0.4) is 0 Å². The van der Waals surface area contributed by atoms with Crippen LogP contribution >= 0.6 is 11.8 Å². The van der Waals surface area contributed by atoms with E-state index < -0.39 is 0 Å². The molecular formula is C20H20N4OS. The second kappa shape index (κ2) is 6.97. The summed E-state index contributed by atoms with van der Waals surface area (Å²) in [6.45, 7) is 2.56. The molecule has 0 radical (unpaired) electrons. The number of nitrogens with zero attached hydrogens (tertiary/aromatic N) is 2. The van der Waals surface area contributed by atoms with Crippen LogP contribution in [0.2, 0.25) is 0 Å². The first-order valence-electron chi connectivity index (χ1n) is 8.50. The SMILES string of the molecule is Cc1ccc(Sc2cc(-c3cccc4c3O[C@H](CN)C4)nc(N)n2)cc1. The summed E-state index contributed by atoms with van der Waals surface area (Å²) in [7, 11) is 0. The number of fused-ring (bicyclic) bond motifs is 1. The summed E-state index contributed by atoms with van der Waals surface area (Å²) in [5, 5.41) is 0.808. The van der Waals surface area contributed by atoms with E-state index in [0.717, 1.165) is 38.9 Å². The van der Waals surface area contributed by atoms with Crippen LogP contribution in [0.4, 0.5) is 5.95 Å². The molecule has 0 fully saturated rings. The smallest absolute Gasteiger partial charge is 0.221 e. The summed E-state index contributed by atoms with van der Waals surface area (Å²) in [6, 6.07) is 16.4. The Labute approximate surface area is 156 Å². The van der Waals surface area contributed by atoms with Crippen molar-refractivity contribution in [3.63, 3.8) is 0 Å². The summed E-state index contributed by atoms with van der Waals surface area (Å²) in [4.78, 5) is 9.91. The second-order valence-corrected chi connectivity index (χ2v) is 7.43. The molecule has 26 heavy (non-hydrogen) atoms. The fraction of sp³-hybridized carbons (Fsp3) is 0.200. The summed E-state index contributed by atoms with van der Waals surface area (Å²) in [5.74, 6) is 1.11. The number of nitrogen functional groups attached to an aromatic ring is 1. The van der Waals surface area contributed by atoms with E-state index >= 15 is 0 Å². The van der Waals surface area contributed by atoms with Gasteiger partial charge in [-0.15, -0.1) is 0 Å². The van der Waals surface area contributed by atoms with Gasteiger partial charge in [0.05, 0.1) is 5.69 Å². The molecule has 0 bridgehead atoms. The van der Waals surface area contributed by atoms with Crippen molar-refractivity contribution in [3.8, 4) is 17.0 Å². The van der Waals surface area contributed by atoms with Crippen molar-refractivity contribution in [2.45, 2.75) is 29.4 Å². The van der Waals surface area contributed by atoms with Gasteiger partial charge in [-0.1, -0.05) is 41.6 Å². The maximum absolute atomic E-state index is 6.02. The van der Waals surface area contributed by atoms with Gasteiger partial charge in [-0.05, 0) is 36.8 Å². The van der Waals surface area contributed by atoms with Crippen LogP contribution in [0.1, 0.15) is 11.1 Å². The maximum atomic E-state index is 6.02. The maximum Gasteiger partial charge on any atom is 0.221 e. The normalized spacial score (nSPS) is 15.5. The van der Waals surface area contributed by atoms with Crippen LogP contribution in [0.15, 0.2) is 58.5 Å². The molecule has 4 rings (SSSR count). The van der Waals surface area contributed by atoms with E-state index in [1.807, 2.05) is 18.2 Å². The Bertz CT molecular complexity index is 943. The summed E-state index contributed by atoms with van der Waals surface area (Å²) < 4.78 is 6.02. The van der Waals surface area contributed by atoms with Crippen molar-refractivity contribution >= 4 is 17.7 Å². The predicted molar refractivity (Wildman–Crippen MR) is 104 cm³/mol. The van der Waals surface area contributed by atoms with Crippen molar-refractivity contribution in [2.75, 3.05) is 12.3 Å². The van der Waals surface area contributed by atoms with Gasteiger partial charge in [0.25, 0.3) is 0 Å². The van der Waals surface area contributed by atoms with Crippen molar-refractivity contribution < 1.29 is 4.74 Å². The zero-order chi connectivity index (χ0) is 18.1. The Morgan fingerprint density at radius 3 is 2.73 bits per heavy atom. The van der Waals surface area contributed by atoms with Gasteiger partial charge >= 0.3 is 0 Å². The van der Waals surface area contributed by atoms with Crippen LogP contribution in [0.25, 0.3) is 11.3 Å². The Balaban J connectivity index is 1.70. The Kier molecular flexibility index (Phi) is 4.53. The number of aryl methyl sites for hydroxylation is 1. The van der Waals surface area contributed by atoms with Gasteiger partial charge in [-0.2, -0.15) is 0 Å². The van der Waals surface area contributed by atoms with Crippen LogP contribution < -0.4 is 16.2 Å². The average Bonchev–Trinajstić information content (AvgIpc) is 3.06. The predicted octanol–water partition coefficient (Wildman–Crippen LogP) is 3.45. The van der Waals surface area contributed by atoms with E-state index in [-0.39, 0.29) is 12.1 Å². The number of hydrogen-bond acceptors (Lipinski definition) is 6. The van der Waals surface area contributed by atoms with Gasteiger partial charge < -0.3 is 16.2 Å². The molecule has 1 aliphatic heterocycles. The molecule has 1 atom stereocenters. The molecule has 0 unspecified atom stereocenters. The molecule has 2 aromatic carbocycles. The zero-order valence-electron chi connectivity index (χ0n) is 14.5. The molecule has 0 spiro atoms. The molecular weight excluding hydrogens is 344 g/mol. The number of para-hydroxylation sites is 1. The molecule has 1 aromatic heterocycles. The highest BCUT2D eigenvalue weighted by molar-refractivity contribution is 7.99. The van der Waals surface area contributed by atoms with Crippen molar-refractivity contribution in [3.05, 3.63) is 59.7 Å². The first-order valence-corrected chi connectivity index (χ1v) is 9.32. The second-order valence-electron chi connectivity index (χ2n) is 6.34. The molecule has 4 N–H and O–H groups in total. The van der Waals surface area contributed by atoms with Crippen LogP contribution in [-0.2, 0) is 6.42 Å². The first kappa shape index (κ1) is 16.9. The molecule has 0 saturated carbocycles. The number of rotatable bonds is 4. The lowest BCUT2D eigenvalue weighted by Crippen LogP contribution is -2.24. The quantitative estimate of drug-likeness (QED) is 0.690. The minimum Gasteiger partial charge on any atom is -0.488 e. The molecule has 132 valence electrons. The first-order chi connectivity index (χ1) is 12.6. The van der Waals surface area contributed by atoms with E-state index in [1.165, 1.54) is 5.56 Å². The number of benzene rings is 2. The molecule has 2 heterocycles. The van der Waals surface area contributed by atoms with Crippen LogP contribution in [0, 0.1) is 6.92 Å². The van der Waals surface area contributed by atoms with Crippen molar-refractivity contribution in [1.82, 2.24) is 9.97 Å². The Morgan fingerprint density at radius 2 is 1.96 bits per heavy atom. The van der Waals surface area contributed by atoms with Gasteiger partial charge in [0.1, 0.15) is 16.9 Å². The summed E-state index contributed by atoms with van der Waals surface area (Å²) in [5.41, 5.74) is 15.8. The van der Waals surface area contributed by atoms with E-state index in [9.17, 15) is 0 Å². The Hall–Kier alpha value is -2.57. The third-order valence-corrected chi connectivity index (χ3v) is 5.26. The number of anilines is 1. The molecule has 1 aliphatic rings. The minimum atomic E-state index is 0.0201. The van der Waals surface area contributed by atoms with Gasteiger partial charge in [0, 0.05) is 23.4 Å². The van der Waals surface area contributed by atoms with Gasteiger partial charge in [-0.25, -0.2) is 9.97 Å². The number of hydrogen-bond donors (Lipinski definition) is 2. The molecule has 6 heteroatoms. The lowest BCUT2D eigenvalue weighted by atomic mass is 10.0. The highest BCUT2D eigenvalue weighted by Crippen LogP contribution is 2.39. The summed E-state index contributed by atoms with van der Waals surface area (Å²) >= 11 is 1.57. The fourth-order valence-corrected chi connectivity index (χ4v) is 3.86. The lowest BCUT2D eigenvalue weighted by Gasteiger charge is -2.11. The third-order valence-electron chi connectivity index (χ3n) is 4.33. The van der Waals surface area contributed by atoms with Crippen molar-refractivity contribution in [2.24, 2.45) is 5.73 Å². The largest absolute Gasteiger partial charge is 0.488 e. The fourth-order valence-electron chi connectivity index (χ4n) is 3.03. The van der Waals surface area contributed by atoms with Gasteiger partial charge in [0.15, 0.2) is 0 Å². The number of ether oxygens (including phenoxy) is 1. The highest BCUT2D eigenvalue weighted by atomic mass is 32.2. The molecule has 5 nitrogen and oxygen atoms in total. The number of nitrogens with two attached hydrogens (primary N) is 2. The topological polar surface area (TPSA) is 87.0 Å². The molecule has 0 amide bonds. The van der Waals surface area contributed by atoms with Gasteiger partial charge in [0.2, 0.25) is 5.95 Å². The minimum absolute atomic E-state index is 0.0201. The van der Waals surface area contributed by atoms with Crippen molar-refractivity contribution in [1.29, 1.82) is 0 Å². The van der Waals surface area contributed by atoms with E-state index in [0.29, 0.717) is 6.54 Å². The van der Waals surface area contributed by atoms with Gasteiger partial charge in [-0.3, -0.25) is 0 Å². The van der Waals surface area contributed by atoms with E-state index in [4.69, 9.17) is 16.2 Å². The summed E-state index contributed by atoms with van der Waals surface area (Å²) in [6.07, 6.45) is 0.845. The zero-order valence-corrected chi connectivity index (χ0v) is 15.3. The lowest BCUT2D eigenvalue weighted by molar-refractivity contribution is 0.242. The molecule has 0 aliphatic carbocycles. The monoisotopic (exact) mass is 364 g/mol. The highest BCUT2D eigenvalue weighted by Gasteiger charge is 2.25. The standard InChI is InChI=1S/C20H20N4OS/c1-12-5-7-15(8-6-12)26-18-10-17(23-20(22)24-18)16-4-2-3-13-9-14(11-21)25-19(13)16/h2-8,10,14H,9,11,21H2,1H3,(H2,22,23,24)/t14-/m0/s1. The van der Waals surface area contributed by atoms with Crippen LogP contribution in [0.5, 0.6) is 5.75 Å². The number of aromatic nitrogens is 2. The average molecular weight is 364 g/mol.